The van der Waals surface area contributed by atoms with Crippen molar-refractivity contribution in [2.45, 2.75) is 26.4 Å². The van der Waals surface area contributed by atoms with E-state index in [-0.39, 0.29) is 5.70 Å². The largest absolute Gasteiger partial charge is 0.477 e. The van der Waals surface area contributed by atoms with E-state index in [0.717, 1.165) is 4.90 Å². The Bertz CT molecular complexity index is 620. The van der Waals surface area contributed by atoms with Crippen LogP contribution in [0.25, 0.3) is 6.08 Å². The number of carbonyl (C=O) groups is 2. The van der Waals surface area contributed by atoms with Crippen LogP contribution in [0.2, 0.25) is 10.0 Å². The first-order valence-corrected chi connectivity index (χ1v) is 7.13. The van der Waals surface area contributed by atoms with E-state index in [0.29, 0.717) is 15.6 Å². The van der Waals surface area contributed by atoms with Gasteiger partial charge in [0.1, 0.15) is 11.3 Å². The Morgan fingerprint density at radius 1 is 1.23 bits per heavy atom. The second-order valence-electron chi connectivity index (χ2n) is 5.55. The summed E-state index contributed by atoms with van der Waals surface area (Å²) in [7, 11) is 1.32. The minimum absolute atomic E-state index is 0.243. The molecule has 1 aromatic carbocycles. The van der Waals surface area contributed by atoms with Crippen LogP contribution in [0.15, 0.2) is 23.9 Å². The third-order valence-corrected chi connectivity index (χ3v) is 3.23. The molecular formula is C15H17Cl2NO4. The summed E-state index contributed by atoms with van der Waals surface area (Å²) in [6.07, 6.45) is 0.551. The molecule has 1 amide bonds. The van der Waals surface area contributed by atoms with Gasteiger partial charge < -0.3 is 9.84 Å². The van der Waals surface area contributed by atoms with Crippen molar-refractivity contribution in [3.63, 3.8) is 0 Å². The molecule has 0 atom stereocenters. The molecular weight excluding hydrogens is 329 g/mol. The predicted octanol–water partition coefficient (Wildman–Crippen LogP) is 4.29. The zero-order chi connectivity index (χ0) is 17.1. The summed E-state index contributed by atoms with van der Waals surface area (Å²) in [6, 6.07) is 4.65. The third kappa shape index (κ3) is 5.24. The molecule has 0 aromatic heterocycles. The van der Waals surface area contributed by atoms with Gasteiger partial charge in [-0.2, -0.15) is 0 Å². The van der Waals surface area contributed by atoms with E-state index in [9.17, 15) is 14.7 Å². The molecule has 1 aromatic rings. The minimum atomic E-state index is -1.26. The van der Waals surface area contributed by atoms with E-state index in [1.165, 1.54) is 19.2 Å². The molecule has 0 unspecified atom stereocenters. The summed E-state index contributed by atoms with van der Waals surface area (Å²) in [6.45, 7) is 5.09. The average Bonchev–Trinajstić information content (AvgIpc) is 2.36. The van der Waals surface area contributed by atoms with Gasteiger partial charge in [0.15, 0.2) is 0 Å². The molecule has 0 fully saturated rings. The number of hydrogen-bond acceptors (Lipinski definition) is 3. The maximum absolute atomic E-state index is 12.0. The lowest BCUT2D eigenvalue weighted by Gasteiger charge is -2.24. The summed E-state index contributed by atoms with van der Waals surface area (Å²) < 4.78 is 5.15. The molecule has 120 valence electrons. The van der Waals surface area contributed by atoms with Crippen LogP contribution in [0, 0.1) is 0 Å². The Labute approximate surface area is 139 Å². The fourth-order valence-corrected chi connectivity index (χ4v) is 1.80. The van der Waals surface area contributed by atoms with E-state index in [2.05, 4.69) is 0 Å². The number of halogens is 2. The van der Waals surface area contributed by atoms with Gasteiger partial charge in [-0.15, -0.1) is 0 Å². The number of aliphatic carboxylic acids is 1. The van der Waals surface area contributed by atoms with Gasteiger partial charge in [0, 0.05) is 7.05 Å². The lowest BCUT2D eigenvalue weighted by atomic mass is 10.2. The number of carbonyl (C=O) groups excluding carboxylic acids is 1. The first kappa shape index (κ1) is 18.3. The maximum Gasteiger partial charge on any atom is 0.414 e. The highest BCUT2D eigenvalue weighted by Crippen LogP contribution is 2.24. The van der Waals surface area contributed by atoms with E-state index in [1.54, 1.807) is 32.9 Å². The average molecular weight is 346 g/mol. The fourth-order valence-electron chi connectivity index (χ4n) is 1.49. The topological polar surface area (TPSA) is 66.8 Å². The summed E-state index contributed by atoms with van der Waals surface area (Å²) in [5.74, 6) is -1.26. The van der Waals surface area contributed by atoms with Gasteiger partial charge >= 0.3 is 12.1 Å². The lowest BCUT2D eigenvalue weighted by molar-refractivity contribution is -0.134. The highest BCUT2D eigenvalue weighted by molar-refractivity contribution is 6.42. The van der Waals surface area contributed by atoms with Crippen molar-refractivity contribution < 1.29 is 19.4 Å². The number of likely N-dealkylation sites (N-methyl/N-ethyl adjacent to an activating group) is 1. The molecule has 0 bridgehead atoms. The van der Waals surface area contributed by atoms with Crippen molar-refractivity contribution in [3.8, 4) is 0 Å². The van der Waals surface area contributed by atoms with E-state index >= 15 is 0 Å². The van der Waals surface area contributed by atoms with Crippen LogP contribution in [0.5, 0.6) is 0 Å². The van der Waals surface area contributed by atoms with Crippen molar-refractivity contribution in [1.82, 2.24) is 4.90 Å². The number of benzene rings is 1. The molecule has 0 aliphatic carbocycles. The van der Waals surface area contributed by atoms with Crippen molar-refractivity contribution in [2.75, 3.05) is 7.05 Å². The molecule has 1 N–H and O–H groups in total. The zero-order valence-electron chi connectivity index (χ0n) is 12.7. The van der Waals surface area contributed by atoms with Crippen LogP contribution >= 0.6 is 23.2 Å². The smallest absolute Gasteiger partial charge is 0.414 e. The summed E-state index contributed by atoms with van der Waals surface area (Å²) >= 11 is 11.7. The SMILES string of the molecule is CN(C(=O)OC(C)(C)C)C(=Cc1ccc(Cl)c(Cl)c1)C(=O)O. The fraction of sp³-hybridized carbons (Fsp3) is 0.333. The van der Waals surface area contributed by atoms with Gasteiger partial charge in [-0.3, -0.25) is 4.90 Å². The Hall–Kier alpha value is -1.72. The van der Waals surface area contributed by atoms with Crippen LogP contribution in [-0.2, 0) is 9.53 Å². The molecule has 0 aliphatic heterocycles. The van der Waals surface area contributed by atoms with Crippen LogP contribution in [0.4, 0.5) is 4.79 Å². The normalized spacial score (nSPS) is 12.0. The summed E-state index contributed by atoms with van der Waals surface area (Å²) in [5.41, 5.74) is -0.465. The van der Waals surface area contributed by atoms with Crippen molar-refractivity contribution >= 4 is 41.3 Å². The predicted molar refractivity (Wildman–Crippen MR) is 86.1 cm³/mol. The number of hydrogen-bond donors (Lipinski definition) is 1. The number of carboxylic acid groups (broad SMARTS) is 1. The van der Waals surface area contributed by atoms with Gasteiger partial charge in [-0.05, 0) is 44.5 Å². The molecule has 0 saturated heterocycles. The Morgan fingerprint density at radius 3 is 2.27 bits per heavy atom. The van der Waals surface area contributed by atoms with Crippen LogP contribution in [-0.4, -0.2) is 34.7 Å². The molecule has 0 heterocycles. The number of carboxylic acids is 1. The molecule has 0 saturated carbocycles. The highest BCUT2D eigenvalue weighted by atomic mass is 35.5. The lowest BCUT2D eigenvalue weighted by Crippen LogP contribution is -2.35. The van der Waals surface area contributed by atoms with Crippen molar-refractivity contribution in [1.29, 1.82) is 0 Å². The number of nitrogens with zero attached hydrogens (tertiary/aromatic N) is 1. The first-order valence-electron chi connectivity index (χ1n) is 6.38. The zero-order valence-corrected chi connectivity index (χ0v) is 14.2. The van der Waals surface area contributed by atoms with Crippen molar-refractivity contribution in [2.24, 2.45) is 0 Å². The van der Waals surface area contributed by atoms with Gasteiger partial charge in [0.2, 0.25) is 0 Å². The highest BCUT2D eigenvalue weighted by Gasteiger charge is 2.25. The second-order valence-corrected chi connectivity index (χ2v) is 6.36. The Kier molecular flexibility index (Phi) is 5.85. The quantitative estimate of drug-likeness (QED) is 0.830. The number of rotatable bonds is 3. The summed E-state index contributed by atoms with van der Waals surface area (Å²) in [5, 5.41) is 9.95. The molecule has 0 spiro atoms. The number of amides is 1. The van der Waals surface area contributed by atoms with Gasteiger partial charge in [0.05, 0.1) is 10.0 Å². The number of ether oxygens (including phenoxy) is 1. The first-order chi connectivity index (χ1) is 10.0. The van der Waals surface area contributed by atoms with Crippen molar-refractivity contribution in [3.05, 3.63) is 39.5 Å². The molecule has 22 heavy (non-hydrogen) atoms. The molecule has 0 aliphatic rings. The monoisotopic (exact) mass is 345 g/mol. The minimum Gasteiger partial charge on any atom is -0.477 e. The molecule has 0 radical (unpaired) electrons. The maximum atomic E-state index is 12.0. The van der Waals surface area contributed by atoms with E-state index in [4.69, 9.17) is 27.9 Å². The molecule has 5 nitrogen and oxygen atoms in total. The van der Waals surface area contributed by atoms with Crippen LogP contribution in [0.1, 0.15) is 26.3 Å². The summed E-state index contributed by atoms with van der Waals surface area (Å²) in [4.78, 5) is 24.3. The molecule has 7 heteroatoms. The Morgan fingerprint density at radius 2 is 1.82 bits per heavy atom. The van der Waals surface area contributed by atoms with E-state index in [1.807, 2.05) is 0 Å². The van der Waals surface area contributed by atoms with Crippen LogP contribution in [0.3, 0.4) is 0 Å². The van der Waals surface area contributed by atoms with Gasteiger partial charge in [-0.1, -0.05) is 29.3 Å². The van der Waals surface area contributed by atoms with E-state index < -0.39 is 17.7 Å². The standard InChI is InChI=1S/C15H17Cl2NO4/c1-15(2,3)22-14(21)18(4)12(13(19)20)8-9-5-6-10(16)11(17)7-9/h5-8H,1-4H3,(H,19,20). The Balaban J connectivity index is 3.12. The van der Waals surface area contributed by atoms with Gasteiger partial charge in [0.25, 0.3) is 0 Å². The van der Waals surface area contributed by atoms with Crippen LogP contribution < -0.4 is 0 Å². The third-order valence-electron chi connectivity index (χ3n) is 2.49. The molecule has 1 rings (SSSR count). The van der Waals surface area contributed by atoms with Gasteiger partial charge in [-0.25, -0.2) is 9.59 Å². The second kappa shape index (κ2) is 7.03.